The van der Waals surface area contributed by atoms with Gasteiger partial charge in [-0.05, 0) is 23.8 Å². The molecule has 0 aliphatic carbocycles. The molecule has 1 amide bonds. The van der Waals surface area contributed by atoms with Crippen LogP contribution in [-0.2, 0) is 6.54 Å². The van der Waals surface area contributed by atoms with E-state index in [0.29, 0.717) is 17.3 Å². The summed E-state index contributed by atoms with van der Waals surface area (Å²) in [6.07, 6.45) is 3.42. The molecule has 0 fully saturated rings. The third-order valence-electron chi connectivity index (χ3n) is 4.33. The number of fused-ring (bicyclic) bond motifs is 1. The summed E-state index contributed by atoms with van der Waals surface area (Å²) in [6, 6.07) is 15.5. The molecule has 2 heterocycles. The van der Waals surface area contributed by atoms with Crippen molar-refractivity contribution in [2.75, 3.05) is 7.05 Å². The molecule has 4 aromatic rings. The van der Waals surface area contributed by atoms with Crippen molar-refractivity contribution in [3.05, 3.63) is 77.5 Å². The lowest BCUT2D eigenvalue weighted by atomic mass is 10.0. The lowest BCUT2D eigenvalue weighted by Crippen LogP contribution is -2.27. The molecule has 2 aromatic carbocycles. The van der Waals surface area contributed by atoms with Crippen LogP contribution in [0.25, 0.3) is 22.0 Å². The molecule has 0 saturated carbocycles. The predicted molar refractivity (Wildman–Crippen MR) is 103 cm³/mol. The number of carbonyl (C=O) groups excluding carboxylic acids is 1. The smallest absolute Gasteiger partial charge is 0.271 e. The van der Waals surface area contributed by atoms with Gasteiger partial charge in [-0.25, -0.2) is 4.98 Å². The Morgan fingerprint density at radius 3 is 2.73 bits per heavy atom. The number of aromatic amines is 2. The first-order valence-corrected chi connectivity index (χ1v) is 8.61. The topological polar surface area (TPSA) is 64.8 Å². The SMILES string of the molecule is CN(Cc1ncc[nH]1)C(=O)c1[nH]c2ccc(Cl)cc2c1-c1ccccc1. The monoisotopic (exact) mass is 364 g/mol. The van der Waals surface area contributed by atoms with E-state index in [1.807, 2.05) is 48.5 Å². The van der Waals surface area contributed by atoms with Gasteiger partial charge in [-0.3, -0.25) is 4.79 Å². The van der Waals surface area contributed by atoms with Crippen LogP contribution in [0.1, 0.15) is 16.3 Å². The minimum absolute atomic E-state index is 0.104. The molecule has 6 heteroatoms. The highest BCUT2D eigenvalue weighted by atomic mass is 35.5. The third kappa shape index (κ3) is 2.97. The number of imidazole rings is 1. The van der Waals surface area contributed by atoms with Crippen molar-refractivity contribution < 1.29 is 4.79 Å². The van der Waals surface area contributed by atoms with E-state index < -0.39 is 0 Å². The van der Waals surface area contributed by atoms with Gasteiger partial charge in [0.15, 0.2) is 0 Å². The number of hydrogen-bond donors (Lipinski definition) is 2. The summed E-state index contributed by atoms with van der Waals surface area (Å²) in [4.78, 5) is 25.3. The molecule has 26 heavy (non-hydrogen) atoms. The fourth-order valence-corrected chi connectivity index (χ4v) is 3.27. The molecule has 0 unspecified atom stereocenters. The Bertz CT molecular complexity index is 1050. The molecular weight excluding hydrogens is 348 g/mol. The van der Waals surface area contributed by atoms with Crippen molar-refractivity contribution in [3.63, 3.8) is 0 Å². The fraction of sp³-hybridized carbons (Fsp3) is 0.100. The number of H-pyrrole nitrogens is 2. The van der Waals surface area contributed by atoms with Crippen molar-refractivity contribution >= 4 is 28.4 Å². The Kier molecular flexibility index (Phi) is 4.22. The molecule has 130 valence electrons. The number of amides is 1. The van der Waals surface area contributed by atoms with Crippen LogP contribution in [0.4, 0.5) is 0 Å². The van der Waals surface area contributed by atoms with E-state index in [-0.39, 0.29) is 5.91 Å². The predicted octanol–water partition coefficient (Wildman–Crippen LogP) is 4.48. The summed E-state index contributed by atoms with van der Waals surface area (Å²) < 4.78 is 0. The van der Waals surface area contributed by atoms with Crippen molar-refractivity contribution in [3.8, 4) is 11.1 Å². The van der Waals surface area contributed by atoms with Gasteiger partial charge in [0.1, 0.15) is 11.5 Å². The van der Waals surface area contributed by atoms with E-state index in [1.54, 1.807) is 24.3 Å². The van der Waals surface area contributed by atoms with Crippen LogP contribution in [0, 0.1) is 0 Å². The molecule has 0 radical (unpaired) electrons. The van der Waals surface area contributed by atoms with Crippen LogP contribution in [0.15, 0.2) is 60.9 Å². The Labute approximate surface area is 155 Å². The molecule has 2 aromatic heterocycles. The molecule has 4 rings (SSSR count). The van der Waals surface area contributed by atoms with Gasteiger partial charge in [0, 0.05) is 40.9 Å². The maximum absolute atomic E-state index is 13.1. The lowest BCUT2D eigenvalue weighted by molar-refractivity contribution is 0.0778. The Balaban J connectivity index is 1.82. The summed E-state index contributed by atoms with van der Waals surface area (Å²) in [6.45, 7) is 0.399. The average Bonchev–Trinajstić information content (AvgIpc) is 3.29. The quantitative estimate of drug-likeness (QED) is 0.560. The first-order valence-electron chi connectivity index (χ1n) is 8.24. The lowest BCUT2D eigenvalue weighted by Gasteiger charge is -2.16. The second-order valence-corrected chi connectivity index (χ2v) is 6.56. The number of nitrogens with one attached hydrogen (secondary N) is 2. The largest absolute Gasteiger partial charge is 0.350 e. The highest BCUT2D eigenvalue weighted by Gasteiger charge is 2.22. The second kappa shape index (κ2) is 6.69. The van der Waals surface area contributed by atoms with Gasteiger partial charge in [0.2, 0.25) is 0 Å². The van der Waals surface area contributed by atoms with Crippen LogP contribution in [-0.4, -0.2) is 32.8 Å². The minimum Gasteiger partial charge on any atom is -0.350 e. The molecule has 0 bridgehead atoms. The van der Waals surface area contributed by atoms with Gasteiger partial charge in [-0.1, -0.05) is 41.9 Å². The first kappa shape index (κ1) is 16.4. The van der Waals surface area contributed by atoms with Gasteiger partial charge in [0.05, 0.1) is 6.54 Å². The average molecular weight is 365 g/mol. The maximum Gasteiger partial charge on any atom is 0.271 e. The number of halogens is 1. The number of aromatic nitrogens is 3. The van der Waals surface area contributed by atoms with Gasteiger partial charge in [0.25, 0.3) is 5.91 Å². The van der Waals surface area contributed by atoms with Gasteiger partial charge in [-0.15, -0.1) is 0 Å². The molecule has 0 aliphatic heterocycles. The number of rotatable bonds is 4. The summed E-state index contributed by atoms with van der Waals surface area (Å²) in [5.41, 5.74) is 3.25. The minimum atomic E-state index is -0.104. The standard InChI is InChI=1S/C20H17ClN4O/c1-25(12-17-22-9-10-23-17)20(26)19-18(13-5-3-2-4-6-13)15-11-14(21)7-8-16(15)24-19/h2-11,24H,12H2,1H3,(H,22,23). The van der Waals surface area contributed by atoms with E-state index >= 15 is 0 Å². The summed E-state index contributed by atoms with van der Waals surface area (Å²) in [7, 11) is 1.76. The molecular formula is C20H17ClN4O. The number of carbonyl (C=O) groups is 1. The highest BCUT2D eigenvalue weighted by molar-refractivity contribution is 6.31. The molecule has 0 atom stereocenters. The molecule has 5 nitrogen and oxygen atoms in total. The molecule has 0 saturated heterocycles. The van der Waals surface area contributed by atoms with Crippen LogP contribution in [0.3, 0.4) is 0 Å². The van der Waals surface area contributed by atoms with Crippen LogP contribution < -0.4 is 0 Å². The van der Waals surface area contributed by atoms with E-state index in [2.05, 4.69) is 15.0 Å². The fourth-order valence-electron chi connectivity index (χ4n) is 3.10. The van der Waals surface area contributed by atoms with Crippen molar-refractivity contribution in [2.45, 2.75) is 6.54 Å². The van der Waals surface area contributed by atoms with E-state index in [4.69, 9.17) is 11.6 Å². The Morgan fingerprint density at radius 1 is 1.19 bits per heavy atom. The summed E-state index contributed by atoms with van der Waals surface area (Å²) in [5.74, 6) is 0.633. The molecule has 2 N–H and O–H groups in total. The number of hydrogen-bond acceptors (Lipinski definition) is 2. The zero-order valence-electron chi connectivity index (χ0n) is 14.2. The van der Waals surface area contributed by atoms with E-state index in [1.165, 1.54) is 0 Å². The zero-order valence-corrected chi connectivity index (χ0v) is 14.9. The van der Waals surface area contributed by atoms with Crippen LogP contribution in [0.5, 0.6) is 0 Å². The number of benzene rings is 2. The summed E-state index contributed by atoms with van der Waals surface area (Å²) in [5, 5.41) is 1.56. The molecule has 0 aliphatic rings. The van der Waals surface area contributed by atoms with Crippen molar-refractivity contribution in [1.82, 2.24) is 19.9 Å². The maximum atomic E-state index is 13.1. The Hall–Kier alpha value is -3.05. The van der Waals surface area contributed by atoms with Gasteiger partial charge < -0.3 is 14.9 Å². The van der Waals surface area contributed by atoms with Crippen LogP contribution in [0.2, 0.25) is 5.02 Å². The first-order chi connectivity index (χ1) is 12.6. The van der Waals surface area contributed by atoms with Crippen molar-refractivity contribution in [2.24, 2.45) is 0 Å². The van der Waals surface area contributed by atoms with Crippen LogP contribution >= 0.6 is 11.6 Å². The molecule has 0 spiro atoms. The second-order valence-electron chi connectivity index (χ2n) is 6.13. The third-order valence-corrected chi connectivity index (χ3v) is 4.56. The number of nitrogens with zero attached hydrogens (tertiary/aromatic N) is 2. The van der Waals surface area contributed by atoms with Gasteiger partial charge in [-0.2, -0.15) is 0 Å². The van der Waals surface area contributed by atoms with Gasteiger partial charge >= 0.3 is 0 Å². The normalized spacial score (nSPS) is 11.0. The van der Waals surface area contributed by atoms with E-state index in [0.717, 1.165) is 27.9 Å². The van der Waals surface area contributed by atoms with E-state index in [9.17, 15) is 4.79 Å². The summed E-state index contributed by atoms with van der Waals surface area (Å²) >= 11 is 6.20. The highest BCUT2D eigenvalue weighted by Crippen LogP contribution is 2.34. The Morgan fingerprint density at radius 2 is 2.00 bits per heavy atom. The zero-order chi connectivity index (χ0) is 18.1. The van der Waals surface area contributed by atoms with Crippen molar-refractivity contribution in [1.29, 1.82) is 0 Å².